The first-order valence-corrected chi connectivity index (χ1v) is 7.21. The third-order valence-electron chi connectivity index (χ3n) is 2.36. The molecule has 0 fully saturated rings. The summed E-state index contributed by atoms with van der Waals surface area (Å²) in [7, 11) is 0. The van der Waals surface area contributed by atoms with E-state index in [1.807, 2.05) is 6.92 Å². The van der Waals surface area contributed by atoms with E-state index in [2.05, 4.69) is 15.9 Å². The van der Waals surface area contributed by atoms with Crippen molar-refractivity contribution >= 4 is 44.2 Å². The molecule has 0 aliphatic carbocycles. The van der Waals surface area contributed by atoms with E-state index in [-0.39, 0.29) is 14.1 Å². The fraction of sp³-hybridized carbons (Fsp3) is 0.455. The maximum Gasteiger partial charge on any atom is 0.273 e. The zero-order valence-electron chi connectivity index (χ0n) is 9.25. The van der Waals surface area contributed by atoms with Crippen LogP contribution in [0.1, 0.15) is 25.3 Å². The van der Waals surface area contributed by atoms with Crippen LogP contribution in [0.5, 0.6) is 0 Å². The zero-order valence-corrected chi connectivity index (χ0v) is 13.0. The van der Waals surface area contributed by atoms with Gasteiger partial charge in [0.1, 0.15) is 5.82 Å². The van der Waals surface area contributed by atoms with Gasteiger partial charge in [0, 0.05) is 16.5 Å². The number of nitrogens with zero attached hydrogens (tertiary/aromatic N) is 1. The maximum atomic E-state index is 13.4. The quantitative estimate of drug-likeness (QED) is 0.308. The summed E-state index contributed by atoms with van der Waals surface area (Å²) in [4.78, 5) is 10.6. The van der Waals surface area contributed by atoms with E-state index in [1.165, 1.54) is 12.1 Å². The molecule has 0 heterocycles. The second kappa shape index (κ2) is 6.63. The molecule has 1 aromatic rings. The molecule has 0 spiro atoms. The summed E-state index contributed by atoms with van der Waals surface area (Å²) in [5, 5.41) is 10.9. The Hall–Kier alpha value is -0.240. The number of nitro groups is 1. The average Bonchev–Trinajstić information content (AvgIpc) is 2.23. The summed E-state index contributed by atoms with van der Waals surface area (Å²) < 4.78 is 13.7. The van der Waals surface area contributed by atoms with Crippen molar-refractivity contribution in [3.05, 3.63) is 37.2 Å². The Labute approximate surface area is 121 Å². The van der Waals surface area contributed by atoms with E-state index in [1.54, 1.807) is 22.6 Å². The van der Waals surface area contributed by atoms with Crippen LogP contribution in [0.15, 0.2) is 12.1 Å². The first-order valence-electron chi connectivity index (χ1n) is 5.22. The SMILES string of the molecule is CCCC(Br)Cc1cc(F)c(I)cc1[N+](=O)[O-]. The predicted octanol–water partition coefficient (Wildman–Crippen LogP) is 4.44. The van der Waals surface area contributed by atoms with Crippen LogP contribution in [-0.4, -0.2) is 9.75 Å². The van der Waals surface area contributed by atoms with Crippen molar-refractivity contribution in [1.29, 1.82) is 0 Å². The second-order valence-corrected chi connectivity index (χ2v) is 6.20. The van der Waals surface area contributed by atoms with Gasteiger partial charge < -0.3 is 0 Å². The molecular formula is C11H12BrFINO2. The minimum atomic E-state index is -0.456. The van der Waals surface area contributed by atoms with Crippen LogP contribution in [0.4, 0.5) is 10.1 Å². The van der Waals surface area contributed by atoms with Crippen LogP contribution in [0.3, 0.4) is 0 Å². The Morgan fingerprint density at radius 1 is 1.59 bits per heavy atom. The van der Waals surface area contributed by atoms with Gasteiger partial charge in [-0.1, -0.05) is 29.3 Å². The molecule has 0 radical (unpaired) electrons. The van der Waals surface area contributed by atoms with Gasteiger partial charge in [-0.3, -0.25) is 10.1 Å². The van der Waals surface area contributed by atoms with Crippen LogP contribution in [0.2, 0.25) is 0 Å². The summed E-state index contributed by atoms with van der Waals surface area (Å²) in [6.07, 6.45) is 2.36. The molecule has 1 atom stereocenters. The smallest absolute Gasteiger partial charge is 0.258 e. The van der Waals surface area contributed by atoms with Crippen molar-refractivity contribution < 1.29 is 9.31 Å². The Bertz CT molecular complexity index is 428. The molecule has 1 aromatic carbocycles. The third kappa shape index (κ3) is 4.17. The maximum absolute atomic E-state index is 13.4. The van der Waals surface area contributed by atoms with E-state index in [4.69, 9.17) is 0 Å². The first kappa shape index (κ1) is 14.8. The van der Waals surface area contributed by atoms with Gasteiger partial charge >= 0.3 is 0 Å². The number of nitro benzene ring substituents is 1. The number of hydrogen-bond acceptors (Lipinski definition) is 2. The van der Waals surface area contributed by atoms with Crippen molar-refractivity contribution in [2.45, 2.75) is 31.0 Å². The van der Waals surface area contributed by atoms with E-state index >= 15 is 0 Å². The van der Waals surface area contributed by atoms with Gasteiger partial charge in [-0.2, -0.15) is 0 Å². The van der Waals surface area contributed by atoms with E-state index in [0.717, 1.165) is 12.8 Å². The van der Waals surface area contributed by atoms with Gasteiger partial charge in [0.25, 0.3) is 5.69 Å². The lowest BCUT2D eigenvalue weighted by atomic mass is 10.1. The molecule has 0 saturated heterocycles. The number of alkyl halides is 1. The van der Waals surface area contributed by atoms with Crippen LogP contribution >= 0.6 is 38.5 Å². The highest BCUT2D eigenvalue weighted by Gasteiger charge is 2.19. The Morgan fingerprint density at radius 3 is 2.76 bits per heavy atom. The number of benzene rings is 1. The standard InChI is InChI=1S/C11H12BrFINO2/c1-2-3-8(12)4-7-5-9(13)10(14)6-11(7)15(16)17/h5-6,8H,2-4H2,1H3. The lowest BCUT2D eigenvalue weighted by molar-refractivity contribution is -0.385. The van der Waals surface area contributed by atoms with Crippen LogP contribution in [0, 0.1) is 19.5 Å². The number of halogens is 3. The fourth-order valence-corrected chi connectivity index (χ4v) is 2.82. The molecule has 6 heteroatoms. The predicted molar refractivity (Wildman–Crippen MR) is 77.1 cm³/mol. The van der Waals surface area contributed by atoms with E-state index in [9.17, 15) is 14.5 Å². The highest BCUT2D eigenvalue weighted by molar-refractivity contribution is 14.1. The van der Waals surface area contributed by atoms with Crippen molar-refractivity contribution in [2.75, 3.05) is 0 Å². The van der Waals surface area contributed by atoms with Gasteiger partial charge in [-0.05, 0) is 41.5 Å². The van der Waals surface area contributed by atoms with Crippen molar-refractivity contribution in [3.63, 3.8) is 0 Å². The molecule has 0 bridgehead atoms. The zero-order chi connectivity index (χ0) is 13.0. The molecule has 0 N–H and O–H groups in total. The Kier molecular flexibility index (Phi) is 5.78. The number of hydrogen-bond donors (Lipinski definition) is 0. The molecule has 17 heavy (non-hydrogen) atoms. The minimum Gasteiger partial charge on any atom is -0.258 e. The minimum absolute atomic E-state index is 0.00338. The van der Waals surface area contributed by atoms with Crippen LogP contribution in [0.25, 0.3) is 0 Å². The highest BCUT2D eigenvalue weighted by atomic mass is 127. The van der Waals surface area contributed by atoms with Gasteiger partial charge in [0.05, 0.1) is 8.49 Å². The topological polar surface area (TPSA) is 43.1 Å². The van der Waals surface area contributed by atoms with Crippen LogP contribution < -0.4 is 0 Å². The monoisotopic (exact) mass is 415 g/mol. The fourth-order valence-electron chi connectivity index (χ4n) is 1.56. The van der Waals surface area contributed by atoms with Gasteiger partial charge in [0.2, 0.25) is 0 Å². The summed E-state index contributed by atoms with van der Waals surface area (Å²) in [6.45, 7) is 2.04. The summed E-state index contributed by atoms with van der Waals surface area (Å²) >= 11 is 5.21. The van der Waals surface area contributed by atoms with Crippen molar-refractivity contribution in [2.24, 2.45) is 0 Å². The molecule has 0 saturated carbocycles. The third-order valence-corrected chi connectivity index (χ3v) is 3.97. The molecule has 1 rings (SSSR count). The molecule has 0 aliphatic heterocycles. The average molecular weight is 416 g/mol. The van der Waals surface area contributed by atoms with Gasteiger partial charge in [0.15, 0.2) is 0 Å². The van der Waals surface area contributed by atoms with Gasteiger partial charge in [-0.15, -0.1) is 0 Å². The molecule has 94 valence electrons. The first-order chi connectivity index (χ1) is 7.95. The van der Waals surface area contributed by atoms with Crippen LogP contribution in [-0.2, 0) is 6.42 Å². The normalized spacial score (nSPS) is 12.5. The summed E-state index contributed by atoms with van der Waals surface area (Å²) in [5.74, 6) is -0.401. The number of rotatable bonds is 5. The molecule has 1 unspecified atom stereocenters. The molecule has 0 aliphatic rings. The summed E-state index contributed by atoms with van der Waals surface area (Å²) in [6, 6.07) is 2.56. The Morgan fingerprint density at radius 2 is 2.24 bits per heavy atom. The molecule has 3 nitrogen and oxygen atoms in total. The van der Waals surface area contributed by atoms with E-state index in [0.29, 0.717) is 12.0 Å². The second-order valence-electron chi connectivity index (χ2n) is 3.74. The Balaban J connectivity index is 3.04. The molecule has 0 amide bonds. The lowest BCUT2D eigenvalue weighted by Gasteiger charge is -2.09. The van der Waals surface area contributed by atoms with Crippen molar-refractivity contribution in [1.82, 2.24) is 0 Å². The highest BCUT2D eigenvalue weighted by Crippen LogP contribution is 2.27. The van der Waals surface area contributed by atoms with E-state index < -0.39 is 10.7 Å². The van der Waals surface area contributed by atoms with Gasteiger partial charge in [-0.25, -0.2) is 4.39 Å². The molecule has 0 aromatic heterocycles. The van der Waals surface area contributed by atoms with Crippen molar-refractivity contribution in [3.8, 4) is 0 Å². The summed E-state index contributed by atoms with van der Waals surface area (Å²) in [5.41, 5.74) is 0.444. The molecular weight excluding hydrogens is 404 g/mol. The largest absolute Gasteiger partial charge is 0.273 e. The lowest BCUT2D eigenvalue weighted by Crippen LogP contribution is -2.06.